The number of hydrogen-bond acceptors (Lipinski definition) is 3. The van der Waals surface area contributed by atoms with Crippen LogP contribution in [0.1, 0.15) is 15.9 Å². The summed E-state index contributed by atoms with van der Waals surface area (Å²) < 4.78 is 13.7. The largest absolute Gasteiger partial charge is 0.352 e. The lowest BCUT2D eigenvalue weighted by Crippen LogP contribution is -2.13. The summed E-state index contributed by atoms with van der Waals surface area (Å²) in [5.41, 5.74) is 2.70. The number of anilines is 3. The van der Waals surface area contributed by atoms with Crippen LogP contribution in [0.3, 0.4) is 0 Å². The number of carbonyl (C=O) groups excluding carboxylic acids is 1. The maximum absolute atomic E-state index is 13.7. The van der Waals surface area contributed by atoms with Gasteiger partial charge in [0.25, 0.3) is 5.91 Å². The van der Waals surface area contributed by atoms with Gasteiger partial charge in [-0.15, -0.1) is 0 Å². The molecule has 25 heavy (non-hydrogen) atoms. The molecule has 0 atom stereocenters. The van der Waals surface area contributed by atoms with E-state index in [1.54, 1.807) is 36.4 Å². The summed E-state index contributed by atoms with van der Waals surface area (Å²) in [5.74, 6) is -0.707. The minimum Gasteiger partial charge on any atom is -0.352 e. The predicted octanol–water partition coefficient (Wildman–Crippen LogP) is 5.18. The zero-order chi connectivity index (χ0) is 17.8. The average Bonchev–Trinajstić information content (AvgIpc) is 2.60. The van der Waals surface area contributed by atoms with Crippen molar-refractivity contribution in [3.05, 3.63) is 82.9 Å². The number of amides is 1. The maximum atomic E-state index is 13.7. The van der Waals surface area contributed by atoms with Crippen LogP contribution in [0.15, 0.2) is 60.9 Å². The Morgan fingerprint density at radius 2 is 1.88 bits per heavy atom. The number of nitrogens with zero attached hydrogens (tertiary/aromatic N) is 1. The van der Waals surface area contributed by atoms with Gasteiger partial charge in [-0.3, -0.25) is 9.78 Å². The second-order valence-electron chi connectivity index (χ2n) is 5.48. The van der Waals surface area contributed by atoms with Crippen LogP contribution in [-0.2, 0) is 0 Å². The third-order valence-electron chi connectivity index (χ3n) is 3.60. The van der Waals surface area contributed by atoms with Gasteiger partial charge in [-0.1, -0.05) is 29.8 Å². The zero-order valence-electron chi connectivity index (χ0n) is 13.4. The summed E-state index contributed by atoms with van der Waals surface area (Å²) >= 11 is 5.97. The molecule has 0 saturated heterocycles. The highest BCUT2D eigenvalue weighted by molar-refractivity contribution is 6.31. The number of aromatic nitrogens is 1. The molecule has 0 spiro atoms. The third kappa shape index (κ3) is 4.14. The number of nitrogens with one attached hydrogen (secondary N) is 2. The highest BCUT2D eigenvalue weighted by Gasteiger charge is 2.10. The van der Waals surface area contributed by atoms with Crippen LogP contribution < -0.4 is 10.6 Å². The van der Waals surface area contributed by atoms with Crippen molar-refractivity contribution in [3.63, 3.8) is 0 Å². The minimum absolute atomic E-state index is 0.313. The first kappa shape index (κ1) is 16.9. The summed E-state index contributed by atoms with van der Waals surface area (Å²) in [7, 11) is 0. The van der Waals surface area contributed by atoms with Crippen molar-refractivity contribution in [1.82, 2.24) is 4.98 Å². The number of hydrogen-bond donors (Lipinski definition) is 2. The van der Waals surface area contributed by atoms with Gasteiger partial charge < -0.3 is 10.6 Å². The molecule has 0 saturated carbocycles. The Labute approximate surface area is 149 Å². The molecule has 0 radical (unpaired) electrons. The molecule has 1 amide bonds. The van der Waals surface area contributed by atoms with Crippen LogP contribution in [0, 0.1) is 12.7 Å². The van der Waals surface area contributed by atoms with E-state index in [-0.39, 0.29) is 11.7 Å². The summed E-state index contributed by atoms with van der Waals surface area (Å²) in [4.78, 5) is 16.5. The lowest BCUT2D eigenvalue weighted by Gasteiger charge is -2.11. The Balaban J connectivity index is 1.80. The van der Waals surface area contributed by atoms with Crippen LogP contribution in [0.4, 0.5) is 21.5 Å². The van der Waals surface area contributed by atoms with Crippen LogP contribution in [0.2, 0.25) is 5.02 Å². The number of para-hydroxylation sites is 1. The van der Waals surface area contributed by atoms with E-state index >= 15 is 0 Å². The van der Waals surface area contributed by atoms with Crippen molar-refractivity contribution in [2.45, 2.75) is 6.92 Å². The monoisotopic (exact) mass is 355 g/mol. The molecule has 2 aromatic carbocycles. The molecule has 0 unspecified atom stereocenters. The number of carbonyl (C=O) groups is 1. The van der Waals surface area contributed by atoms with Crippen LogP contribution in [0.5, 0.6) is 0 Å². The van der Waals surface area contributed by atoms with Crippen molar-refractivity contribution in [3.8, 4) is 0 Å². The molecule has 1 heterocycles. The lowest BCUT2D eigenvalue weighted by molar-refractivity contribution is 0.102. The Morgan fingerprint density at radius 1 is 1.08 bits per heavy atom. The smallest absolute Gasteiger partial charge is 0.257 e. The highest BCUT2D eigenvalue weighted by Crippen LogP contribution is 2.22. The summed E-state index contributed by atoms with van der Waals surface area (Å²) in [6.45, 7) is 1.88. The Bertz CT molecular complexity index is 930. The molecule has 126 valence electrons. The van der Waals surface area contributed by atoms with Crippen LogP contribution >= 0.6 is 11.6 Å². The zero-order valence-corrected chi connectivity index (χ0v) is 14.1. The normalized spacial score (nSPS) is 10.4. The van der Waals surface area contributed by atoms with Crippen LogP contribution in [-0.4, -0.2) is 10.9 Å². The van der Waals surface area contributed by atoms with E-state index in [1.165, 1.54) is 18.5 Å². The van der Waals surface area contributed by atoms with Crippen molar-refractivity contribution >= 4 is 34.6 Å². The second kappa shape index (κ2) is 7.32. The van der Waals surface area contributed by atoms with E-state index in [2.05, 4.69) is 15.6 Å². The Morgan fingerprint density at radius 3 is 2.68 bits per heavy atom. The number of benzene rings is 2. The average molecular weight is 356 g/mol. The van der Waals surface area contributed by atoms with Gasteiger partial charge in [0.05, 0.1) is 23.1 Å². The van der Waals surface area contributed by atoms with E-state index in [0.717, 1.165) is 5.56 Å². The standard InChI is InChI=1S/C19H15ClFN3O/c1-12-6-7-14(20)9-18(12)24-19(25)13-8-15(11-22-10-13)23-17-5-3-2-4-16(17)21/h2-11,23H,1H3,(H,24,25). The van der Waals surface area contributed by atoms with Gasteiger partial charge in [-0.25, -0.2) is 4.39 Å². The third-order valence-corrected chi connectivity index (χ3v) is 3.84. The van der Waals surface area contributed by atoms with Crippen molar-refractivity contribution in [1.29, 1.82) is 0 Å². The molecule has 2 N–H and O–H groups in total. The van der Waals surface area contributed by atoms with E-state index in [1.807, 2.05) is 13.0 Å². The van der Waals surface area contributed by atoms with Gasteiger partial charge in [0, 0.05) is 16.9 Å². The van der Waals surface area contributed by atoms with Crippen LogP contribution in [0.25, 0.3) is 0 Å². The number of aryl methyl sites for hydroxylation is 1. The molecule has 3 rings (SSSR count). The highest BCUT2D eigenvalue weighted by atomic mass is 35.5. The predicted molar refractivity (Wildman–Crippen MR) is 98.1 cm³/mol. The molecule has 4 nitrogen and oxygen atoms in total. The fourth-order valence-electron chi connectivity index (χ4n) is 2.27. The Hall–Kier alpha value is -2.92. The quantitative estimate of drug-likeness (QED) is 0.678. The fraction of sp³-hybridized carbons (Fsp3) is 0.0526. The number of rotatable bonds is 4. The first-order chi connectivity index (χ1) is 12.0. The molecular formula is C19H15ClFN3O. The van der Waals surface area contributed by atoms with E-state index in [4.69, 9.17) is 11.6 Å². The van der Waals surface area contributed by atoms with Gasteiger partial charge in [0.1, 0.15) is 5.82 Å². The van der Waals surface area contributed by atoms with Gasteiger partial charge in [-0.2, -0.15) is 0 Å². The molecule has 0 aliphatic rings. The molecule has 0 bridgehead atoms. The summed E-state index contributed by atoms with van der Waals surface area (Å²) in [6, 6.07) is 13.2. The molecule has 0 fully saturated rings. The summed E-state index contributed by atoms with van der Waals surface area (Å²) in [5, 5.41) is 6.25. The van der Waals surface area contributed by atoms with Gasteiger partial charge in [-0.05, 0) is 42.8 Å². The lowest BCUT2D eigenvalue weighted by atomic mass is 10.2. The Kier molecular flexibility index (Phi) is 4.95. The molecule has 1 aromatic heterocycles. The number of pyridine rings is 1. The molecule has 0 aliphatic carbocycles. The SMILES string of the molecule is Cc1ccc(Cl)cc1NC(=O)c1cncc(Nc2ccccc2F)c1. The second-order valence-corrected chi connectivity index (χ2v) is 5.92. The van der Waals surface area contributed by atoms with Gasteiger partial charge in [0.2, 0.25) is 0 Å². The minimum atomic E-state index is -0.382. The first-order valence-electron chi connectivity index (χ1n) is 7.57. The number of halogens is 2. The molecule has 3 aromatic rings. The topological polar surface area (TPSA) is 54.0 Å². The fourth-order valence-corrected chi connectivity index (χ4v) is 2.45. The molecule has 6 heteroatoms. The van der Waals surface area contributed by atoms with Crippen molar-refractivity contribution in [2.24, 2.45) is 0 Å². The first-order valence-corrected chi connectivity index (χ1v) is 7.95. The van der Waals surface area contributed by atoms with Gasteiger partial charge >= 0.3 is 0 Å². The maximum Gasteiger partial charge on any atom is 0.257 e. The van der Waals surface area contributed by atoms with E-state index in [0.29, 0.717) is 27.6 Å². The van der Waals surface area contributed by atoms with Crippen molar-refractivity contribution in [2.75, 3.05) is 10.6 Å². The van der Waals surface area contributed by atoms with Gasteiger partial charge in [0.15, 0.2) is 0 Å². The van der Waals surface area contributed by atoms with E-state index < -0.39 is 0 Å². The summed E-state index contributed by atoms with van der Waals surface area (Å²) in [6.07, 6.45) is 2.97. The molecular weight excluding hydrogens is 341 g/mol. The van der Waals surface area contributed by atoms with E-state index in [9.17, 15) is 9.18 Å². The van der Waals surface area contributed by atoms with Crippen molar-refractivity contribution < 1.29 is 9.18 Å². The molecule has 0 aliphatic heterocycles.